The van der Waals surface area contributed by atoms with Crippen molar-refractivity contribution in [2.24, 2.45) is 0 Å². The van der Waals surface area contributed by atoms with Gasteiger partial charge in [0.2, 0.25) is 0 Å². The van der Waals surface area contributed by atoms with Crippen LogP contribution in [0.1, 0.15) is 41.5 Å². The topological polar surface area (TPSA) is 117 Å². The molecule has 2 aliphatic rings. The van der Waals surface area contributed by atoms with Crippen LogP contribution in [0.3, 0.4) is 0 Å². The second-order valence-corrected chi connectivity index (χ2v) is 8.24. The van der Waals surface area contributed by atoms with Crippen LogP contribution in [0.2, 0.25) is 0 Å². The highest BCUT2D eigenvalue weighted by Crippen LogP contribution is 2.22. The predicted octanol–water partition coefficient (Wildman–Crippen LogP) is 0.372. The van der Waals surface area contributed by atoms with E-state index in [2.05, 4.69) is 10.6 Å². The van der Waals surface area contributed by atoms with Crippen molar-refractivity contribution >= 4 is 24.0 Å². The zero-order valence-electron chi connectivity index (χ0n) is 15.9. The number of fused-ring (bicyclic) bond motifs is 1. The van der Waals surface area contributed by atoms with Crippen molar-refractivity contribution < 1.29 is 28.7 Å². The molecule has 0 saturated carbocycles. The van der Waals surface area contributed by atoms with Crippen LogP contribution in [0, 0.1) is 0 Å². The lowest BCUT2D eigenvalue weighted by Crippen LogP contribution is -2.48. The summed E-state index contributed by atoms with van der Waals surface area (Å²) in [5.74, 6) is -0.865. The molecule has 0 radical (unpaired) electrons. The lowest BCUT2D eigenvalue weighted by atomic mass is 10.2. The van der Waals surface area contributed by atoms with Gasteiger partial charge in [-0.2, -0.15) is 0 Å². The average molecular weight is 370 g/mol. The Morgan fingerprint density at radius 1 is 0.808 bits per heavy atom. The fourth-order valence-electron chi connectivity index (χ4n) is 2.59. The van der Waals surface area contributed by atoms with E-state index in [-0.39, 0.29) is 13.1 Å². The molecule has 10 heteroatoms. The molecule has 0 aromatic heterocycles. The van der Waals surface area contributed by atoms with Crippen LogP contribution in [-0.4, -0.2) is 70.4 Å². The maximum absolute atomic E-state index is 12.4. The molecule has 4 amide bonds. The van der Waals surface area contributed by atoms with Crippen LogP contribution in [0.5, 0.6) is 0 Å². The molecule has 0 unspecified atom stereocenters. The van der Waals surface area contributed by atoms with Gasteiger partial charge in [-0.25, -0.2) is 19.6 Å². The fourth-order valence-corrected chi connectivity index (χ4v) is 2.59. The summed E-state index contributed by atoms with van der Waals surface area (Å²) in [7, 11) is 0. The molecule has 2 heterocycles. The summed E-state index contributed by atoms with van der Waals surface area (Å²) in [6.07, 6.45) is -1.46. The standard InChI is InChI=1S/C16H26N4O6/c1-15(2,3)25-13(23)17-9-7-19-12(22)10(8-20(19)11(9)21)18-14(24)26-16(4,5)6/h9-10H,7-8H2,1-6H3,(H,17,23)(H,18,24)/t9-,10-/m0/s1. The van der Waals surface area contributed by atoms with Crippen LogP contribution in [-0.2, 0) is 19.1 Å². The smallest absolute Gasteiger partial charge is 0.408 e. The summed E-state index contributed by atoms with van der Waals surface area (Å²) in [6.45, 7) is 10.2. The Labute approximate surface area is 152 Å². The Morgan fingerprint density at radius 3 is 1.38 bits per heavy atom. The van der Waals surface area contributed by atoms with Gasteiger partial charge in [0.25, 0.3) is 11.8 Å². The molecule has 2 saturated heterocycles. The number of rotatable bonds is 2. The van der Waals surface area contributed by atoms with E-state index >= 15 is 0 Å². The zero-order valence-corrected chi connectivity index (χ0v) is 15.9. The van der Waals surface area contributed by atoms with Crippen molar-refractivity contribution in [1.82, 2.24) is 20.7 Å². The first-order valence-electron chi connectivity index (χ1n) is 8.38. The number of alkyl carbamates (subject to hydrolysis) is 2. The van der Waals surface area contributed by atoms with Crippen molar-refractivity contribution in [1.29, 1.82) is 0 Å². The number of amides is 4. The van der Waals surface area contributed by atoms with E-state index in [4.69, 9.17) is 9.47 Å². The van der Waals surface area contributed by atoms with E-state index in [1.165, 1.54) is 10.0 Å². The highest BCUT2D eigenvalue weighted by Gasteiger charge is 2.50. The van der Waals surface area contributed by atoms with Gasteiger partial charge in [0.15, 0.2) is 0 Å². The average Bonchev–Trinajstić information content (AvgIpc) is 2.86. The molecule has 2 N–H and O–H groups in total. The van der Waals surface area contributed by atoms with Gasteiger partial charge in [-0.3, -0.25) is 9.59 Å². The van der Waals surface area contributed by atoms with Gasteiger partial charge in [0.1, 0.15) is 23.3 Å². The summed E-state index contributed by atoms with van der Waals surface area (Å²) < 4.78 is 10.2. The highest BCUT2D eigenvalue weighted by atomic mass is 16.6. The third kappa shape index (κ3) is 4.77. The van der Waals surface area contributed by atoms with Gasteiger partial charge in [0, 0.05) is 0 Å². The number of hydrogen-bond donors (Lipinski definition) is 2. The lowest BCUT2D eigenvalue weighted by molar-refractivity contribution is -0.145. The Balaban J connectivity index is 1.93. The Morgan fingerprint density at radius 2 is 1.12 bits per heavy atom. The molecule has 26 heavy (non-hydrogen) atoms. The molecule has 10 nitrogen and oxygen atoms in total. The monoisotopic (exact) mass is 370 g/mol. The summed E-state index contributed by atoms with van der Waals surface area (Å²) in [5, 5.41) is 7.35. The number of nitrogens with zero attached hydrogens (tertiary/aromatic N) is 2. The second kappa shape index (κ2) is 6.65. The third-order valence-corrected chi connectivity index (χ3v) is 3.49. The normalized spacial score (nSPS) is 23.0. The number of hydrogen-bond acceptors (Lipinski definition) is 6. The maximum atomic E-state index is 12.4. The van der Waals surface area contributed by atoms with Gasteiger partial charge >= 0.3 is 12.2 Å². The molecule has 2 rings (SSSR count). The Kier molecular flexibility index (Phi) is 5.07. The molecular weight excluding hydrogens is 344 g/mol. The first-order chi connectivity index (χ1) is 11.8. The van der Waals surface area contributed by atoms with E-state index in [1.54, 1.807) is 41.5 Å². The molecule has 0 bridgehead atoms. The number of carbonyl (C=O) groups excluding carboxylic acids is 4. The largest absolute Gasteiger partial charge is 0.444 e. The molecule has 0 aliphatic carbocycles. The lowest BCUT2D eigenvalue weighted by Gasteiger charge is -2.22. The minimum Gasteiger partial charge on any atom is -0.444 e. The molecule has 146 valence electrons. The maximum Gasteiger partial charge on any atom is 0.408 e. The molecule has 0 aromatic rings. The molecule has 0 spiro atoms. The van der Waals surface area contributed by atoms with E-state index in [0.717, 1.165) is 0 Å². The van der Waals surface area contributed by atoms with Gasteiger partial charge < -0.3 is 20.1 Å². The van der Waals surface area contributed by atoms with Crippen molar-refractivity contribution in [3.05, 3.63) is 0 Å². The molecular formula is C16H26N4O6. The van der Waals surface area contributed by atoms with E-state index < -0.39 is 47.3 Å². The van der Waals surface area contributed by atoms with Crippen LogP contribution in [0.4, 0.5) is 9.59 Å². The van der Waals surface area contributed by atoms with Crippen LogP contribution in [0.15, 0.2) is 0 Å². The third-order valence-electron chi connectivity index (χ3n) is 3.49. The zero-order chi connectivity index (χ0) is 19.9. The first-order valence-corrected chi connectivity index (χ1v) is 8.38. The summed E-state index contributed by atoms with van der Waals surface area (Å²) in [5.41, 5.74) is -1.39. The second-order valence-electron chi connectivity index (χ2n) is 8.24. The molecule has 2 aliphatic heterocycles. The van der Waals surface area contributed by atoms with E-state index in [1.807, 2.05) is 0 Å². The molecule has 2 atom stereocenters. The molecule has 2 fully saturated rings. The van der Waals surface area contributed by atoms with Crippen molar-refractivity contribution in [3.63, 3.8) is 0 Å². The fraction of sp³-hybridized carbons (Fsp3) is 0.750. The summed E-state index contributed by atoms with van der Waals surface area (Å²) in [6, 6.07) is -1.76. The molecule has 0 aromatic carbocycles. The van der Waals surface area contributed by atoms with Crippen molar-refractivity contribution in [3.8, 4) is 0 Å². The van der Waals surface area contributed by atoms with Crippen LogP contribution in [0.25, 0.3) is 0 Å². The van der Waals surface area contributed by atoms with Gasteiger partial charge in [-0.15, -0.1) is 0 Å². The highest BCUT2D eigenvalue weighted by molar-refractivity contribution is 5.96. The van der Waals surface area contributed by atoms with Crippen molar-refractivity contribution in [2.75, 3.05) is 13.1 Å². The summed E-state index contributed by atoms with van der Waals surface area (Å²) in [4.78, 5) is 48.5. The minimum absolute atomic E-state index is 0.0105. The van der Waals surface area contributed by atoms with Gasteiger partial charge in [0.05, 0.1) is 13.1 Å². The quantitative estimate of drug-likeness (QED) is 0.725. The van der Waals surface area contributed by atoms with Crippen LogP contribution < -0.4 is 10.6 Å². The number of ether oxygens (including phenoxy) is 2. The van der Waals surface area contributed by atoms with Gasteiger partial charge in [-0.1, -0.05) is 0 Å². The SMILES string of the molecule is CC(C)(C)OC(=O)N[C@H]1CN2C(=O)[C@@H](NC(=O)OC(C)(C)C)CN2C1=O. The number of carbonyl (C=O) groups is 4. The van der Waals surface area contributed by atoms with E-state index in [0.29, 0.717) is 0 Å². The van der Waals surface area contributed by atoms with E-state index in [9.17, 15) is 19.2 Å². The summed E-state index contributed by atoms with van der Waals surface area (Å²) >= 11 is 0. The Hall–Kier alpha value is -2.52. The Bertz CT molecular complexity index is 567. The van der Waals surface area contributed by atoms with Crippen molar-refractivity contribution in [2.45, 2.75) is 64.8 Å². The number of hydrazine groups is 1. The van der Waals surface area contributed by atoms with Gasteiger partial charge in [-0.05, 0) is 41.5 Å². The first kappa shape index (κ1) is 19.8. The number of nitrogens with one attached hydrogen (secondary N) is 2. The van der Waals surface area contributed by atoms with Crippen LogP contribution >= 0.6 is 0 Å². The predicted molar refractivity (Wildman–Crippen MR) is 89.7 cm³/mol. The minimum atomic E-state index is -0.878.